The first-order valence-electron chi connectivity index (χ1n) is 5.83. The van der Waals surface area contributed by atoms with Gasteiger partial charge in [-0.15, -0.1) is 0 Å². The van der Waals surface area contributed by atoms with E-state index in [9.17, 15) is 5.11 Å². The Morgan fingerprint density at radius 2 is 2.25 bits per heavy atom. The zero-order valence-electron chi connectivity index (χ0n) is 10.2. The maximum Gasteiger partial charge on any atom is 0.0621 e. The number of hydrogen-bond donors (Lipinski definition) is 2. The van der Waals surface area contributed by atoms with E-state index in [1.807, 2.05) is 19.2 Å². The number of nitrogens with zero attached hydrogens (tertiary/aromatic N) is 1. The van der Waals surface area contributed by atoms with Crippen LogP contribution in [0.2, 0.25) is 0 Å². The van der Waals surface area contributed by atoms with Gasteiger partial charge in [0.25, 0.3) is 0 Å². The van der Waals surface area contributed by atoms with E-state index in [0.29, 0.717) is 6.04 Å². The molecule has 3 heteroatoms. The normalized spacial score (nSPS) is 27.5. The lowest BCUT2D eigenvalue weighted by Gasteiger charge is -2.49. The Labute approximate surface area is 96.9 Å². The highest BCUT2D eigenvalue weighted by Gasteiger charge is 2.46. The van der Waals surface area contributed by atoms with Gasteiger partial charge in [-0.05, 0) is 25.0 Å². The fourth-order valence-corrected chi connectivity index (χ4v) is 2.08. The summed E-state index contributed by atoms with van der Waals surface area (Å²) in [6, 6.07) is 4.51. The van der Waals surface area contributed by atoms with Gasteiger partial charge in [-0.2, -0.15) is 0 Å². The summed E-state index contributed by atoms with van der Waals surface area (Å²) in [5, 5.41) is 13.1. The monoisotopic (exact) mass is 220 g/mol. The number of hydrogen-bond acceptors (Lipinski definition) is 3. The molecule has 1 heterocycles. The standard InChI is InChI=1S/C13H20N2O/c1-9-4-5-10(14-7-9)8-15-11-6-12(16)13(11,2)3/h4-5,7,11-12,15-16H,6,8H2,1-3H3. The summed E-state index contributed by atoms with van der Waals surface area (Å²) in [6.07, 6.45) is 2.56. The van der Waals surface area contributed by atoms with E-state index in [0.717, 1.165) is 18.7 Å². The molecule has 1 aliphatic carbocycles. The van der Waals surface area contributed by atoms with Crippen LogP contribution < -0.4 is 5.32 Å². The van der Waals surface area contributed by atoms with E-state index < -0.39 is 0 Å². The molecule has 1 aromatic heterocycles. The molecule has 0 aliphatic heterocycles. The minimum atomic E-state index is -0.170. The topological polar surface area (TPSA) is 45.1 Å². The first-order chi connectivity index (χ1) is 7.50. The van der Waals surface area contributed by atoms with Crippen LogP contribution in [0, 0.1) is 12.3 Å². The largest absolute Gasteiger partial charge is 0.392 e. The number of nitrogens with one attached hydrogen (secondary N) is 1. The quantitative estimate of drug-likeness (QED) is 0.814. The molecule has 0 amide bonds. The molecule has 2 atom stereocenters. The summed E-state index contributed by atoms with van der Waals surface area (Å²) in [7, 11) is 0. The summed E-state index contributed by atoms with van der Waals surface area (Å²) < 4.78 is 0. The van der Waals surface area contributed by atoms with Gasteiger partial charge in [0.05, 0.1) is 11.8 Å². The predicted octanol–water partition coefficient (Wildman–Crippen LogP) is 1.64. The van der Waals surface area contributed by atoms with Crippen LogP contribution in [-0.2, 0) is 6.54 Å². The molecule has 0 radical (unpaired) electrons. The van der Waals surface area contributed by atoms with E-state index in [-0.39, 0.29) is 11.5 Å². The molecule has 1 aromatic rings. The molecule has 16 heavy (non-hydrogen) atoms. The molecule has 0 bridgehead atoms. The van der Waals surface area contributed by atoms with E-state index >= 15 is 0 Å². The van der Waals surface area contributed by atoms with Crippen LogP contribution >= 0.6 is 0 Å². The van der Waals surface area contributed by atoms with Crippen molar-refractivity contribution in [3.63, 3.8) is 0 Å². The molecule has 0 aromatic carbocycles. The van der Waals surface area contributed by atoms with E-state index in [1.165, 1.54) is 5.56 Å². The van der Waals surface area contributed by atoms with Gasteiger partial charge in [0.15, 0.2) is 0 Å². The number of aliphatic hydroxyl groups is 1. The van der Waals surface area contributed by atoms with Crippen molar-refractivity contribution >= 4 is 0 Å². The van der Waals surface area contributed by atoms with Crippen molar-refractivity contribution < 1.29 is 5.11 Å². The van der Waals surface area contributed by atoms with Crippen LogP contribution in [0.1, 0.15) is 31.5 Å². The average Bonchev–Trinajstić information content (AvgIpc) is 2.26. The smallest absolute Gasteiger partial charge is 0.0621 e. The second kappa shape index (κ2) is 4.15. The zero-order chi connectivity index (χ0) is 11.8. The van der Waals surface area contributed by atoms with Gasteiger partial charge in [0.2, 0.25) is 0 Å². The van der Waals surface area contributed by atoms with Crippen LogP contribution in [0.25, 0.3) is 0 Å². The Balaban J connectivity index is 1.87. The summed E-state index contributed by atoms with van der Waals surface area (Å²) in [5.41, 5.74) is 2.23. The van der Waals surface area contributed by atoms with Gasteiger partial charge in [0, 0.05) is 24.2 Å². The highest BCUT2D eigenvalue weighted by atomic mass is 16.3. The number of aromatic nitrogens is 1. The average molecular weight is 220 g/mol. The Kier molecular flexibility index (Phi) is 3.00. The van der Waals surface area contributed by atoms with Gasteiger partial charge < -0.3 is 10.4 Å². The number of aliphatic hydroxyl groups excluding tert-OH is 1. The molecule has 2 rings (SSSR count). The lowest BCUT2D eigenvalue weighted by Crippen LogP contribution is -2.59. The van der Waals surface area contributed by atoms with Gasteiger partial charge in [0.1, 0.15) is 0 Å². The Bertz CT molecular complexity index is 359. The molecular weight excluding hydrogens is 200 g/mol. The Hall–Kier alpha value is -0.930. The molecule has 1 fully saturated rings. The predicted molar refractivity (Wildman–Crippen MR) is 64.0 cm³/mol. The first-order valence-corrected chi connectivity index (χ1v) is 5.83. The molecule has 88 valence electrons. The molecule has 1 saturated carbocycles. The van der Waals surface area contributed by atoms with Gasteiger partial charge in [-0.25, -0.2) is 0 Å². The van der Waals surface area contributed by atoms with Crippen LogP contribution in [0.5, 0.6) is 0 Å². The van der Waals surface area contributed by atoms with Crippen molar-refractivity contribution in [1.82, 2.24) is 10.3 Å². The lowest BCUT2D eigenvalue weighted by molar-refractivity contribution is -0.0730. The molecule has 2 N–H and O–H groups in total. The minimum absolute atomic E-state index is 0.00923. The second-order valence-electron chi connectivity index (χ2n) is 5.33. The van der Waals surface area contributed by atoms with Crippen molar-refractivity contribution in [2.75, 3.05) is 0 Å². The van der Waals surface area contributed by atoms with Crippen LogP contribution in [0.15, 0.2) is 18.3 Å². The minimum Gasteiger partial charge on any atom is -0.392 e. The summed E-state index contributed by atoms with van der Waals surface area (Å²) in [4.78, 5) is 4.35. The van der Waals surface area contributed by atoms with Crippen molar-refractivity contribution in [2.45, 2.75) is 45.9 Å². The van der Waals surface area contributed by atoms with E-state index in [2.05, 4.69) is 30.2 Å². The molecule has 0 spiro atoms. The van der Waals surface area contributed by atoms with Crippen LogP contribution in [0.3, 0.4) is 0 Å². The van der Waals surface area contributed by atoms with Gasteiger partial charge in [-0.1, -0.05) is 19.9 Å². The third-order valence-electron chi connectivity index (χ3n) is 3.72. The first kappa shape index (κ1) is 11.6. The molecule has 2 unspecified atom stereocenters. The SMILES string of the molecule is Cc1ccc(CNC2CC(O)C2(C)C)nc1. The van der Waals surface area contributed by atoms with Crippen molar-refractivity contribution in [2.24, 2.45) is 5.41 Å². The lowest BCUT2D eigenvalue weighted by atomic mass is 9.64. The fourth-order valence-electron chi connectivity index (χ4n) is 2.08. The van der Waals surface area contributed by atoms with Gasteiger partial charge in [-0.3, -0.25) is 4.98 Å². The van der Waals surface area contributed by atoms with E-state index in [1.54, 1.807) is 0 Å². The highest BCUT2D eigenvalue weighted by molar-refractivity contribution is 5.12. The second-order valence-corrected chi connectivity index (χ2v) is 5.33. The van der Waals surface area contributed by atoms with Crippen molar-refractivity contribution in [1.29, 1.82) is 0 Å². The third kappa shape index (κ3) is 2.11. The van der Waals surface area contributed by atoms with E-state index in [4.69, 9.17) is 0 Å². The number of pyridine rings is 1. The highest BCUT2D eigenvalue weighted by Crippen LogP contribution is 2.40. The molecule has 1 aliphatic rings. The Morgan fingerprint density at radius 1 is 1.50 bits per heavy atom. The number of aryl methyl sites for hydroxylation is 1. The maximum atomic E-state index is 9.62. The maximum absolute atomic E-state index is 9.62. The third-order valence-corrected chi connectivity index (χ3v) is 3.72. The molecular formula is C13H20N2O. The van der Waals surface area contributed by atoms with Crippen LogP contribution in [-0.4, -0.2) is 22.2 Å². The van der Waals surface area contributed by atoms with Gasteiger partial charge >= 0.3 is 0 Å². The van der Waals surface area contributed by atoms with Crippen LogP contribution in [0.4, 0.5) is 0 Å². The zero-order valence-corrected chi connectivity index (χ0v) is 10.2. The van der Waals surface area contributed by atoms with Crippen molar-refractivity contribution in [3.05, 3.63) is 29.6 Å². The molecule has 3 nitrogen and oxygen atoms in total. The molecule has 0 saturated heterocycles. The summed E-state index contributed by atoms with van der Waals surface area (Å²) in [6.45, 7) is 7.01. The fraction of sp³-hybridized carbons (Fsp3) is 0.615. The summed E-state index contributed by atoms with van der Waals surface area (Å²) in [5.74, 6) is 0. The number of rotatable bonds is 3. The van der Waals surface area contributed by atoms with Crippen molar-refractivity contribution in [3.8, 4) is 0 Å². The Morgan fingerprint density at radius 3 is 2.75 bits per heavy atom. The summed E-state index contributed by atoms with van der Waals surface area (Å²) >= 11 is 0.